The quantitative estimate of drug-likeness (QED) is 0.773. The van der Waals surface area contributed by atoms with E-state index in [0.29, 0.717) is 11.6 Å². The second-order valence-electron chi connectivity index (χ2n) is 5.07. The van der Waals surface area contributed by atoms with E-state index in [1.165, 1.54) is 11.3 Å². The maximum Gasteiger partial charge on any atom is 0.225 e. The molecule has 0 spiro atoms. The van der Waals surface area contributed by atoms with Crippen molar-refractivity contribution >= 4 is 22.4 Å². The zero-order valence-corrected chi connectivity index (χ0v) is 13.9. The van der Waals surface area contributed by atoms with Crippen LogP contribution in [-0.4, -0.2) is 20.4 Å². The molecular formula is C17H18N4OS. The summed E-state index contributed by atoms with van der Waals surface area (Å²) < 4.78 is 1.97. The van der Waals surface area contributed by atoms with Gasteiger partial charge >= 0.3 is 0 Å². The highest BCUT2D eigenvalue weighted by Crippen LogP contribution is 2.34. The van der Waals surface area contributed by atoms with Crippen LogP contribution in [0.25, 0.3) is 16.3 Å². The number of hydrogen-bond donors (Lipinski definition) is 1. The molecule has 0 saturated carbocycles. The fourth-order valence-corrected chi connectivity index (χ4v) is 3.14. The maximum atomic E-state index is 11.7. The third kappa shape index (κ3) is 3.32. The summed E-state index contributed by atoms with van der Waals surface area (Å²) in [4.78, 5) is 20.7. The Morgan fingerprint density at radius 3 is 2.70 bits per heavy atom. The van der Waals surface area contributed by atoms with E-state index in [-0.39, 0.29) is 5.91 Å². The van der Waals surface area contributed by atoms with Crippen LogP contribution in [0.15, 0.2) is 42.9 Å². The van der Waals surface area contributed by atoms with Crippen LogP contribution in [0, 0.1) is 0 Å². The Morgan fingerprint density at radius 1 is 1.26 bits per heavy atom. The number of aryl methyl sites for hydroxylation is 1. The predicted molar refractivity (Wildman–Crippen MR) is 93.0 cm³/mol. The van der Waals surface area contributed by atoms with Crippen LogP contribution in [0.1, 0.15) is 26.0 Å². The van der Waals surface area contributed by atoms with E-state index in [1.54, 1.807) is 6.33 Å². The van der Waals surface area contributed by atoms with E-state index in [0.717, 1.165) is 28.4 Å². The smallest absolute Gasteiger partial charge is 0.225 e. The van der Waals surface area contributed by atoms with E-state index in [1.807, 2.05) is 48.0 Å². The first kappa shape index (κ1) is 15.4. The normalized spacial score (nSPS) is 10.7. The first-order valence-electron chi connectivity index (χ1n) is 7.60. The van der Waals surface area contributed by atoms with Crippen molar-refractivity contribution in [1.82, 2.24) is 14.5 Å². The molecule has 0 radical (unpaired) electrons. The van der Waals surface area contributed by atoms with Crippen LogP contribution in [-0.2, 0) is 11.2 Å². The lowest BCUT2D eigenvalue weighted by atomic mass is 10.2. The van der Waals surface area contributed by atoms with Gasteiger partial charge in [0, 0.05) is 18.2 Å². The summed E-state index contributed by atoms with van der Waals surface area (Å²) in [5.74, 6) is -0.0372. The van der Waals surface area contributed by atoms with Crippen LogP contribution in [0.4, 0.5) is 5.13 Å². The molecule has 1 aromatic carbocycles. The molecule has 0 saturated heterocycles. The van der Waals surface area contributed by atoms with Gasteiger partial charge < -0.3 is 5.32 Å². The molecule has 0 aliphatic rings. The Morgan fingerprint density at radius 2 is 2.04 bits per heavy atom. The van der Waals surface area contributed by atoms with Crippen molar-refractivity contribution in [3.05, 3.63) is 48.5 Å². The van der Waals surface area contributed by atoms with Crippen molar-refractivity contribution in [3.8, 4) is 16.3 Å². The molecule has 0 aliphatic heterocycles. The molecule has 1 amide bonds. The molecule has 2 aromatic heterocycles. The summed E-state index contributed by atoms with van der Waals surface area (Å²) in [5.41, 5.74) is 2.89. The summed E-state index contributed by atoms with van der Waals surface area (Å²) in [6.45, 7) is 3.90. The molecule has 1 N–H and O–H groups in total. The average molecular weight is 326 g/mol. The lowest BCUT2D eigenvalue weighted by Gasteiger charge is -2.02. The monoisotopic (exact) mass is 326 g/mol. The third-order valence-corrected chi connectivity index (χ3v) is 4.44. The summed E-state index contributed by atoms with van der Waals surface area (Å²) in [6.07, 6.45) is 5.11. The van der Waals surface area contributed by atoms with Crippen molar-refractivity contribution in [3.63, 3.8) is 0 Å². The highest BCUT2D eigenvalue weighted by atomic mass is 32.1. The summed E-state index contributed by atoms with van der Waals surface area (Å²) in [6, 6.07) is 9.97. The molecule has 23 heavy (non-hydrogen) atoms. The van der Waals surface area contributed by atoms with Gasteiger partial charge in [-0.2, -0.15) is 0 Å². The molecule has 0 aliphatic carbocycles. The first-order valence-corrected chi connectivity index (χ1v) is 8.42. The summed E-state index contributed by atoms with van der Waals surface area (Å²) in [5, 5.41) is 4.41. The van der Waals surface area contributed by atoms with Gasteiger partial charge in [0.1, 0.15) is 17.0 Å². The van der Waals surface area contributed by atoms with Crippen molar-refractivity contribution in [2.45, 2.75) is 26.7 Å². The van der Waals surface area contributed by atoms with Crippen LogP contribution >= 0.6 is 11.3 Å². The molecule has 0 atom stereocenters. The van der Waals surface area contributed by atoms with Crippen LogP contribution < -0.4 is 5.32 Å². The number of imidazole rings is 1. The van der Waals surface area contributed by atoms with Gasteiger partial charge in [0.15, 0.2) is 5.13 Å². The standard InChI is InChI=1S/C17H18N4OS/c1-3-13-10-21(11-18-13)16-15(12-8-6-5-7-9-12)20-17(23-16)19-14(22)4-2/h5-11H,3-4H2,1-2H3,(H,19,20,22). The fraction of sp³-hybridized carbons (Fsp3) is 0.235. The number of benzene rings is 1. The molecule has 3 rings (SSSR count). The number of amides is 1. The van der Waals surface area contributed by atoms with E-state index in [9.17, 15) is 4.79 Å². The van der Waals surface area contributed by atoms with Crippen molar-refractivity contribution in [2.24, 2.45) is 0 Å². The Bertz CT molecular complexity index is 807. The minimum Gasteiger partial charge on any atom is -0.302 e. The van der Waals surface area contributed by atoms with Crippen molar-refractivity contribution < 1.29 is 4.79 Å². The second-order valence-corrected chi connectivity index (χ2v) is 6.04. The summed E-state index contributed by atoms with van der Waals surface area (Å²) >= 11 is 1.45. The first-order chi connectivity index (χ1) is 11.2. The van der Waals surface area contributed by atoms with Gasteiger partial charge in [0.05, 0.1) is 5.69 Å². The van der Waals surface area contributed by atoms with Crippen LogP contribution in [0.5, 0.6) is 0 Å². The highest BCUT2D eigenvalue weighted by Gasteiger charge is 2.16. The summed E-state index contributed by atoms with van der Waals surface area (Å²) in [7, 11) is 0. The molecule has 118 valence electrons. The molecular weight excluding hydrogens is 308 g/mol. The minimum atomic E-state index is -0.0372. The van der Waals surface area contributed by atoms with Gasteiger partial charge in [-0.3, -0.25) is 9.36 Å². The number of carbonyl (C=O) groups is 1. The number of hydrogen-bond acceptors (Lipinski definition) is 4. The van der Waals surface area contributed by atoms with E-state index >= 15 is 0 Å². The highest BCUT2D eigenvalue weighted by molar-refractivity contribution is 7.18. The number of nitrogens with zero attached hydrogens (tertiary/aromatic N) is 3. The third-order valence-electron chi connectivity index (χ3n) is 3.46. The van der Waals surface area contributed by atoms with Gasteiger partial charge in [0.25, 0.3) is 0 Å². The van der Waals surface area contributed by atoms with Gasteiger partial charge in [-0.1, -0.05) is 55.5 Å². The molecule has 6 heteroatoms. The van der Waals surface area contributed by atoms with Crippen LogP contribution in [0.3, 0.4) is 0 Å². The van der Waals surface area contributed by atoms with Crippen LogP contribution in [0.2, 0.25) is 0 Å². The lowest BCUT2D eigenvalue weighted by Crippen LogP contribution is -2.08. The largest absolute Gasteiger partial charge is 0.302 e. The SMILES string of the molecule is CCC(=O)Nc1nc(-c2ccccc2)c(-n2cnc(CC)c2)s1. The second kappa shape index (κ2) is 6.75. The van der Waals surface area contributed by atoms with Crippen molar-refractivity contribution in [1.29, 1.82) is 0 Å². The molecule has 0 fully saturated rings. The van der Waals surface area contributed by atoms with E-state index in [4.69, 9.17) is 0 Å². The van der Waals surface area contributed by atoms with Crippen molar-refractivity contribution in [2.75, 3.05) is 5.32 Å². The number of aromatic nitrogens is 3. The van der Waals surface area contributed by atoms with Gasteiger partial charge in [-0.25, -0.2) is 9.97 Å². The molecule has 3 aromatic rings. The maximum absolute atomic E-state index is 11.7. The van der Waals surface area contributed by atoms with Gasteiger partial charge in [-0.05, 0) is 6.42 Å². The van der Waals surface area contributed by atoms with Gasteiger partial charge in [0.2, 0.25) is 5.91 Å². The predicted octanol–water partition coefficient (Wildman–Crippen LogP) is 3.91. The number of anilines is 1. The van der Waals surface area contributed by atoms with E-state index < -0.39 is 0 Å². The Labute approximate surface area is 139 Å². The Balaban J connectivity index is 2.06. The molecule has 0 unspecified atom stereocenters. The Kier molecular flexibility index (Phi) is 4.52. The van der Waals surface area contributed by atoms with Gasteiger partial charge in [-0.15, -0.1) is 0 Å². The molecule has 5 nitrogen and oxygen atoms in total. The lowest BCUT2D eigenvalue weighted by molar-refractivity contribution is -0.115. The fourth-order valence-electron chi connectivity index (χ4n) is 2.19. The molecule has 0 bridgehead atoms. The zero-order chi connectivity index (χ0) is 16.2. The van der Waals surface area contributed by atoms with E-state index in [2.05, 4.69) is 22.2 Å². The number of carbonyl (C=O) groups excluding carboxylic acids is 1. The Hall–Kier alpha value is -2.47. The molecule has 2 heterocycles. The number of nitrogens with one attached hydrogen (secondary N) is 1. The average Bonchev–Trinajstić information content (AvgIpc) is 3.22. The number of thiazole rings is 1. The topological polar surface area (TPSA) is 59.8 Å². The number of rotatable bonds is 5. The minimum absolute atomic E-state index is 0.0372. The zero-order valence-electron chi connectivity index (χ0n) is 13.1.